The van der Waals surface area contributed by atoms with E-state index in [1.165, 1.54) is 21.3 Å². The van der Waals surface area contributed by atoms with Crippen molar-refractivity contribution < 1.29 is 42.4 Å². The van der Waals surface area contributed by atoms with Crippen LogP contribution in [0.5, 0.6) is 11.5 Å². The minimum absolute atomic E-state index is 0.00520. The van der Waals surface area contributed by atoms with Gasteiger partial charge in [0.1, 0.15) is 0 Å². The molecule has 43 heavy (non-hydrogen) atoms. The van der Waals surface area contributed by atoms with Crippen molar-refractivity contribution >= 4 is 16.1 Å². The first-order valence-corrected chi connectivity index (χ1v) is 16.0. The number of aliphatic hydroxyl groups excluding tert-OH is 1. The molecule has 0 spiro atoms. The van der Waals surface area contributed by atoms with E-state index in [0.29, 0.717) is 37.5 Å². The van der Waals surface area contributed by atoms with Crippen molar-refractivity contribution in [3.63, 3.8) is 0 Å². The van der Waals surface area contributed by atoms with Gasteiger partial charge < -0.3 is 34.9 Å². The summed E-state index contributed by atoms with van der Waals surface area (Å²) >= 11 is 0. The molecule has 0 radical (unpaired) electrons. The Balaban J connectivity index is 1.50. The number of hydrogen-bond acceptors (Lipinski definition) is 9. The average molecular weight is 620 g/mol. The Morgan fingerprint density at radius 2 is 1.86 bits per heavy atom. The van der Waals surface area contributed by atoms with Crippen LogP contribution < -0.4 is 15.2 Å². The Kier molecular flexibility index (Phi) is 9.49. The molecule has 4 N–H and O–H groups in total. The molecule has 0 aromatic heterocycles. The molecule has 0 bridgehead atoms. The third kappa shape index (κ3) is 6.92. The van der Waals surface area contributed by atoms with Gasteiger partial charge in [0.15, 0.2) is 17.8 Å². The molecule has 2 saturated heterocycles. The minimum Gasteiger partial charge on any atom is -0.465 e. The number of nitrogens with two attached hydrogens (primary N) is 1. The lowest BCUT2D eigenvalue weighted by atomic mass is 9.89. The molecule has 3 aliphatic rings. The fraction of sp³-hybridized carbons (Fsp3) is 0.567. The van der Waals surface area contributed by atoms with Gasteiger partial charge in [-0.25, -0.2) is 13.2 Å². The second-order valence-electron chi connectivity index (χ2n) is 12.1. The number of sulfonamides is 1. The number of nitrogens with zero attached hydrogens (tertiary/aromatic N) is 2. The van der Waals surface area contributed by atoms with Crippen LogP contribution in [-0.2, 0) is 25.9 Å². The largest absolute Gasteiger partial charge is 0.465 e. The van der Waals surface area contributed by atoms with Crippen molar-refractivity contribution in [2.45, 2.75) is 62.5 Å². The van der Waals surface area contributed by atoms with E-state index in [9.17, 15) is 23.4 Å². The van der Waals surface area contributed by atoms with Crippen molar-refractivity contribution in [2.75, 3.05) is 39.6 Å². The van der Waals surface area contributed by atoms with Crippen molar-refractivity contribution in [3.8, 4) is 11.5 Å². The van der Waals surface area contributed by atoms with Crippen LogP contribution >= 0.6 is 0 Å². The van der Waals surface area contributed by atoms with E-state index in [2.05, 4.69) is 0 Å². The summed E-state index contributed by atoms with van der Waals surface area (Å²) in [6, 6.07) is 12.1. The monoisotopic (exact) mass is 619 g/mol. The Hall–Kier alpha value is -2.94. The maximum atomic E-state index is 14.2. The van der Waals surface area contributed by atoms with Gasteiger partial charge in [-0.05, 0) is 48.9 Å². The van der Waals surface area contributed by atoms with Gasteiger partial charge in [-0.2, -0.15) is 4.31 Å². The predicted octanol–water partition coefficient (Wildman–Crippen LogP) is 2.49. The summed E-state index contributed by atoms with van der Waals surface area (Å²) < 4.78 is 51.7. The maximum Gasteiger partial charge on any atom is 0.407 e. The smallest absolute Gasteiger partial charge is 0.407 e. The second kappa shape index (κ2) is 13.0. The van der Waals surface area contributed by atoms with Crippen molar-refractivity contribution in [3.05, 3.63) is 54.1 Å². The Bertz CT molecular complexity index is 1370. The Morgan fingerprint density at radius 3 is 2.58 bits per heavy atom. The van der Waals surface area contributed by atoms with Crippen LogP contribution in [0.3, 0.4) is 0 Å². The molecule has 2 aromatic carbocycles. The fourth-order valence-corrected chi connectivity index (χ4v) is 7.91. The van der Waals surface area contributed by atoms with Gasteiger partial charge in [0.25, 0.3) is 0 Å². The Labute approximate surface area is 252 Å². The van der Waals surface area contributed by atoms with Crippen molar-refractivity contribution in [1.82, 2.24) is 9.21 Å². The van der Waals surface area contributed by atoms with Gasteiger partial charge in [0.2, 0.25) is 16.8 Å². The van der Waals surface area contributed by atoms with Crippen LogP contribution in [0.15, 0.2) is 53.4 Å². The molecule has 13 heteroatoms. The lowest BCUT2D eigenvalue weighted by Crippen LogP contribution is -2.58. The quantitative estimate of drug-likeness (QED) is 0.304. The molecular formula is C30H41N3O9S. The van der Waals surface area contributed by atoms with E-state index in [4.69, 9.17) is 24.7 Å². The molecule has 5 rings (SSSR count). The maximum absolute atomic E-state index is 14.2. The van der Waals surface area contributed by atoms with E-state index >= 15 is 0 Å². The summed E-state index contributed by atoms with van der Waals surface area (Å²) in [5, 5.41) is 22.4. The van der Waals surface area contributed by atoms with E-state index in [0.717, 1.165) is 5.56 Å². The molecule has 1 amide bonds. The van der Waals surface area contributed by atoms with Gasteiger partial charge in [0, 0.05) is 25.1 Å². The summed E-state index contributed by atoms with van der Waals surface area (Å²) in [6.07, 6.45) is -1.75. The topological polar surface area (TPSA) is 161 Å². The zero-order chi connectivity index (χ0) is 30.8. The molecule has 12 nitrogen and oxygen atoms in total. The van der Waals surface area contributed by atoms with E-state index in [1.807, 2.05) is 44.2 Å². The molecule has 236 valence electrons. The number of hydrogen-bond donors (Lipinski definition) is 3. The number of benzene rings is 2. The molecule has 0 unspecified atom stereocenters. The van der Waals surface area contributed by atoms with Crippen molar-refractivity contribution in [2.24, 2.45) is 17.1 Å². The van der Waals surface area contributed by atoms with Crippen LogP contribution in [0.4, 0.5) is 4.79 Å². The zero-order valence-electron chi connectivity index (χ0n) is 24.5. The molecule has 0 aliphatic carbocycles. The molecule has 3 heterocycles. The highest BCUT2D eigenvalue weighted by atomic mass is 32.2. The highest BCUT2D eigenvalue weighted by Crippen LogP contribution is 2.38. The van der Waals surface area contributed by atoms with Crippen LogP contribution in [-0.4, -0.2) is 98.0 Å². The number of amides is 1. The lowest BCUT2D eigenvalue weighted by Gasteiger charge is -2.40. The molecular weight excluding hydrogens is 578 g/mol. The standard InChI is InChI=1S/C30H41N3O9S/c1-30(2,11-12-31)18-32(43(37,38)21-8-9-26-27(15-21)42-19-41-26)16-25(34)23(14-20-6-4-3-5-7-20)33(29(35)36)24-17-40-28-22(24)10-13-39-28/h3-9,15,22-25,28,34H,10-14,16-19,31H2,1-2H3,(H,35,36)/t22-,23-,24-,25+,28+/m0/s1. The summed E-state index contributed by atoms with van der Waals surface area (Å²) in [7, 11) is -4.17. The fourth-order valence-electron chi connectivity index (χ4n) is 6.25. The van der Waals surface area contributed by atoms with Gasteiger partial charge in [0.05, 0.1) is 36.3 Å². The normalized spacial score (nSPS) is 22.9. The number of aliphatic hydroxyl groups is 1. The number of carbonyl (C=O) groups is 1. The van der Waals surface area contributed by atoms with Gasteiger partial charge >= 0.3 is 6.09 Å². The molecule has 0 saturated carbocycles. The van der Waals surface area contributed by atoms with Gasteiger partial charge in [-0.1, -0.05) is 44.2 Å². The molecule has 3 aliphatic heterocycles. The third-order valence-electron chi connectivity index (χ3n) is 8.47. The van der Waals surface area contributed by atoms with Gasteiger partial charge in [-0.3, -0.25) is 4.90 Å². The van der Waals surface area contributed by atoms with E-state index in [-0.39, 0.29) is 43.7 Å². The predicted molar refractivity (Wildman–Crippen MR) is 156 cm³/mol. The first kappa shape index (κ1) is 31.5. The summed E-state index contributed by atoms with van der Waals surface area (Å²) in [5.41, 5.74) is 6.13. The minimum atomic E-state index is -4.17. The van der Waals surface area contributed by atoms with Crippen LogP contribution in [0, 0.1) is 11.3 Å². The van der Waals surface area contributed by atoms with Gasteiger partial charge in [-0.15, -0.1) is 0 Å². The summed E-state index contributed by atoms with van der Waals surface area (Å²) in [4.78, 5) is 14.1. The first-order chi connectivity index (χ1) is 20.5. The number of ether oxygens (including phenoxy) is 4. The Morgan fingerprint density at radius 1 is 1.12 bits per heavy atom. The SMILES string of the molecule is CC(C)(CCN)CN(C[C@@H](O)[C@H](Cc1ccccc1)N(C(=O)O)[C@H]1CO[C@H]2OCC[C@H]21)S(=O)(=O)c1ccc2c(c1)OCO2. The number of rotatable bonds is 13. The molecule has 5 atom stereocenters. The zero-order valence-corrected chi connectivity index (χ0v) is 25.3. The van der Waals surface area contributed by atoms with Crippen LogP contribution in [0.25, 0.3) is 0 Å². The average Bonchev–Trinajstić information content (AvgIpc) is 3.70. The van der Waals surface area contributed by atoms with Crippen LogP contribution in [0.1, 0.15) is 32.3 Å². The number of fused-ring (bicyclic) bond motifs is 2. The first-order valence-electron chi connectivity index (χ1n) is 14.6. The van der Waals surface area contributed by atoms with E-state index < -0.39 is 46.0 Å². The summed E-state index contributed by atoms with van der Waals surface area (Å²) in [5.74, 6) is 0.580. The van der Waals surface area contributed by atoms with Crippen LogP contribution in [0.2, 0.25) is 0 Å². The highest BCUT2D eigenvalue weighted by molar-refractivity contribution is 7.89. The molecule has 2 fully saturated rings. The van der Waals surface area contributed by atoms with Crippen molar-refractivity contribution in [1.29, 1.82) is 0 Å². The second-order valence-corrected chi connectivity index (χ2v) is 14.1. The lowest BCUT2D eigenvalue weighted by molar-refractivity contribution is -0.0906. The summed E-state index contributed by atoms with van der Waals surface area (Å²) in [6.45, 7) is 4.47. The number of carboxylic acid groups (broad SMARTS) is 1. The third-order valence-corrected chi connectivity index (χ3v) is 10.3. The molecule has 2 aromatic rings. The van der Waals surface area contributed by atoms with E-state index in [1.54, 1.807) is 6.07 Å². The highest BCUT2D eigenvalue weighted by Gasteiger charge is 2.49.